The third kappa shape index (κ3) is 4.12. The van der Waals surface area contributed by atoms with Gasteiger partial charge in [-0.3, -0.25) is 15.6 Å². The summed E-state index contributed by atoms with van der Waals surface area (Å²) in [5, 5.41) is 0. The fourth-order valence-electron chi connectivity index (χ4n) is 2.46. The number of benzene rings is 2. The Hall–Kier alpha value is -3.81. The van der Waals surface area contributed by atoms with Crippen molar-refractivity contribution in [1.29, 1.82) is 0 Å². The molecule has 0 saturated carbocycles. The van der Waals surface area contributed by atoms with E-state index in [2.05, 4.69) is 20.8 Å². The molecule has 0 bridgehead atoms. The van der Waals surface area contributed by atoms with Crippen LogP contribution in [0, 0.1) is 13.8 Å². The van der Waals surface area contributed by atoms with Crippen LogP contribution in [0.1, 0.15) is 21.5 Å². The molecule has 0 fully saturated rings. The summed E-state index contributed by atoms with van der Waals surface area (Å²) in [5.41, 5.74) is 14.1. The fraction of sp³-hybridized carbons (Fsp3) is 0.150. The monoisotopic (exact) mass is 379 g/mol. The first-order chi connectivity index (χ1) is 13.5. The molecule has 0 spiro atoms. The van der Waals surface area contributed by atoms with Crippen molar-refractivity contribution in [3.8, 4) is 17.4 Å². The summed E-state index contributed by atoms with van der Waals surface area (Å²) >= 11 is 0. The van der Waals surface area contributed by atoms with Gasteiger partial charge in [0.15, 0.2) is 5.82 Å². The predicted octanol–water partition coefficient (Wildman–Crippen LogP) is 3.23. The molecule has 8 heteroatoms. The lowest BCUT2D eigenvalue weighted by atomic mass is 10.1. The molecule has 4 N–H and O–H groups in total. The molecule has 1 heterocycles. The van der Waals surface area contributed by atoms with E-state index in [0.717, 1.165) is 11.1 Å². The maximum atomic E-state index is 12.4. The Kier molecular flexibility index (Phi) is 5.59. The highest BCUT2D eigenvalue weighted by molar-refractivity contribution is 5.97. The number of nitrogens with two attached hydrogens (primary N) is 1. The number of hydrazine groups is 1. The van der Waals surface area contributed by atoms with Crippen molar-refractivity contribution in [3.05, 3.63) is 65.5 Å². The molecule has 3 rings (SSSR count). The number of methoxy groups -OCH3 is 1. The second kappa shape index (κ2) is 8.26. The van der Waals surface area contributed by atoms with E-state index in [-0.39, 0.29) is 17.4 Å². The van der Waals surface area contributed by atoms with Gasteiger partial charge in [0, 0.05) is 0 Å². The van der Waals surface area contributed by atoms with E-state index in [1.54, 1.807) is 24.3 Å². The summed E-state index contributed by atoms with van der Waals surface area (Å²) in [6.07, 6.45) is 1.30. The van der Waals surface area contributed by atoms with Gasteiger partial charge in [-0.15, -0.1) is 0 Å². The molecule has 0 atom stereocenters. The van der Waals surface area contributed by atoms with E-state index in [9.17, 15) is 4.79 Å². The summed E-state index contributed by atoms with van der Waals surface area (Å²) in [4.78, 5) is 20.5. The number of rotatable bonds is 6. The van der Waals surface area contributed by atoms with Gasteiger partial charge < -0.3 is 15.2 Å². The summed E-state index contributed by atoms with van der Waals surface area (Å²) in [6.45, 7) is 4.01. The van der Waals surface area contributed by atoms with Gasteiger partial charge in [0.25, 0.3) is 5.91 Å². The van der Waals surface area contributed by atoms with Crippen LogP contribution in [0.2, 0.25) is 0 Å². The zero-order valence-electron chi connectivity index (χ0n) is 15.8. The Bertz CT molecular complexity index is 1010. The lowest BCUT2D eigenvalue weighted by molar-refractivity contribution is 0.0959. The van der Waals surface area contributed by atoms with Crippen molar-refractivity contribution in [2.45, 2.75) is 13.8 Å². The molecule has 3 aromatic rings. The van der Waals surface area contributed by atoms with E-state index < -0.39 is 5.91 Å². The van der Waals surface area contributed by atoms with Gasteiger partial charge in [-0.2, -0.15) is 4.98 Å². The number of nitrogens with one attached hydrogen (secondary N) is 2. The lowest BCUT2D eigenvalue weighted by Crippen LogP contribution is -2.30. The molecule has 0 unspecified atom stereocenters. The van der Waals surface area contributed by atoms with Crippen LogP contribution in [-0.4, -0.2) is 23.0 Å². The fourth-order valence-corrected chi connectivity index (χ4v) is 2.46. The van der Waals surface area contributed by atoms with E-state index in [0.29, 0.717) is 17.1 Å². The van der Waals surface area contributed by atoms with Gasteiger partial charge in [0.05, 0.1) is 12.7 Å². The maximum Gasteiger partial charge on any atom is 0.273 e. The Morgan fingerprint density at radius 2 is 1.86 bits per heavy atom. The zero-order valence-corrected chi connectivity index (χ0v) is 15.8. The van der Waals surface area contributed by atoms with Crippen LogP contribution in [0.3, 0.4) is 0 Å². The van der Waals surface area contributed by atoms with Crippen molar-refractivity contribution >= 4 is 17.4 Å². The molecule has 0 radical (unpaired) electrons. The quantitative estimate of drug-likeness (QED) is 0.564. The first-order valence-corrected chi connectivity index (χ1v) is 8.54. The Morgan fingerprint density at radius 3 is 2.61 bits per heavy atom. The highest BCUT2D eigenvalue weighted by Crippen LogP contribution is 2.29. The van der Waals surface area contributed by atoms with Gasteiger partial charge >= 0.3 is 0 Å². The largest absolute Gasteiger partial charge is 0.496 e. The van der Waals surface area contributed by atoms with Crippen LogP contribution in [0.5, 0.6) is 17.4 Å². The summed E-state index contributed by atoms with van der Waals surface area (Å²) in [7, 11) is 1.50. The molecule has 1 amide bonds. The molecule has 2 aromatic carbocycles. The molecular weight excluding hydrogens is 358 g/mol. The van der Waals surface area contributed by atoms with Gasteiger partial charge in [-0.1, -0.05) is 18.2 Å². The Labute approximate surface area is 162 Å². The van der Waals surface area contributed by atoms with Crippen molar-refractivity contribution in [2.75, 3.05) is 18.3 Å². The molecule has 0 aliphatic carbocycles. The number of nitrogens with zero attached hydrogens (tertiary/aromatic N) is 2. The second-order valence-corrected chi connectivity index (χ2v) is 6.07. The van der Waals surface area contributed by atoms with Crippen LogP contribution < -0.4 is 26.1 Å². The minimum absolute atomic E-state index is 0.168. The first kappa shape index (κ1) is 19.0. The zero-order chi connectivity index (χ0) is 20.1. The Balaban J connectivity index is 1.74. The van der Waals surface area contributed by atoms with Crippen LogP contribution in [0.25, 0.3) is 0 Å². The topological polar surface area (TPSA) is 111 Å². The average Bonchev–Trinajstić information content (AvgIpc) is 2.71. The number of nitrogen functional groups attached to an aromatic ring is 1. The molecule has 1 aromatic heterocycles. The minimum atomic E-state index is -0.396. The van der Waals surface area contributed by atoms with Gasteiger partial charge in [0.2, 0.25) is 5.88 Å². The molecule has 8 nitrogen and oxygen atoms in total. The second-order valence-electron chi connectivity index (χ2n) is 6.07. The number of amides is 1. The van der Waals surface area contributed by atoms with E-state index >= 15 is 0 Å². The van der Waals surface area contributed by atoms with Crippen LogP contribution in [-0.2, 0) is 0 Å². The van der Waals surface area contributed by atoms with Gasteiger partial charge in [-0.25, -0.2) is 4.98 Å². The highest BCUT2D eigenvalue weighted by atomic mass is 16.5. The predicted molar refractivity (Wildman–Crippen MR) is 107 cm³/mol. The van der Waals surface area contributed by atoms with Gasteiger partial charge in [0.1, 0.15) is 23.5 Å². The number of para-hydroxylation sites is 1. The van der Waals surface area contributed by atoms with Crippen LogP contribution in [0.15, 0.2) is 48.8 Å². The summed E-state index contributed by atoms with van der Waals surface area (Å²) in [6, 6.07) is 12.5. The minimum Gasteiger partial charge on any atom is -0.496 e. The third-order valence-electron chi connectivity index (χ3n) is 4.19. The molecule has 0 saturated heterocycles. The van der Waals surface area contributed by atoms with E-state index in [4.69, 9.17) is 15.2 Å². The molecule has 0 aliphatic rings. The SMILES string of the molecule is COc1ccccc1C(=O)NNc1ncnc(Oc2ccc(C)c(C)c2)c1N. The summed E-state index contributed by atoms with van der Waals surface area (Å²) in [5.74, 6) is 1.07. The number of carbonyl (C=O) groups is 1. The number of ether oxygens (including phenoxy) is 2. The van der Waals surface area contributed by atoms with Crippen LogP contribution >= 0.6 is 0 Å². The highest BCUT2D eigenvalue weighted by Gasteiger charge is 2.14. The molecule has 0 aliphatic heterocycles. The van der Waals surface area contributed by atoms with Crippen molar-refractivity contribution in [1.82, 2.24) is 15.4 Å². The molecule has 144 valence electrons. The van der Waals surface area contributed by atoms with E-state index in [1.807, 2.05) is 32.0 Å². The number of carbonyl (C=O) groups excluding carboxylic acids is 1. The number of hydrogen-bond donors (Lipinski definition) is 3. The standard InChI is InChI=1S/C20H21N5O3/c1-12-8-9-14(10-13(12)2)28-20-17(21)18(22-11-23-20)24-25-19(26)15-6-4-5-7-16(15)27-3/h4-11H,21H2,1-3H3,(H,25,26)(H,22,23,24). The molecule has 28 heavy (non-hydrogen) atoms. The number of aryl methyl sites for hydroxylation is 2. The van der Waals surface area contributed by atoms with Crippen molar-refractivity contribution < 1.29 is 14.3 Å². The molecular formula is C20H21N5O3. The number of anilines is 2. The third-order valence-corrected chi connectivity index (χ3v) is 4.19. The van der Waals surface area contributed by atoms with Crippen molar-refractivity contribution in [3.63, 3.8) is 0 Å². The summed E-state index contributed by atoms with van der Waals surface area (Å²) < 4.78 is 11.0. The first-order valence-electron chi connectivity index (χ1n) is 8.54. The smallest absolute Gasteiger partial charge is 0.273 e. The number of aromatic nitrogens is 2. The van der Waals surface area contributed by atoms with Crippen LogP contribution in [0.4, 0.5) is 11.5 Å². The maximum absolute atomic E-state index is 12.4. The lowest BCUT2D eigenvalue weighted by Gasteiger charge is -2.13. The average molecular weight is 379 g/mol. The van der Waals surface area contributed by atoms with Gasteiger partial charge in [-0.05, 0) is 49.2 Å². The van der Waals surface area contributed by atoms with E-state index in [1.165, 1.54) is 13.4 Å². The normalized spacial score (nSPS) is 10.2. The Morgan fingerprint density at radius 1 is 1.07 bits per heavy atom. The number of hydrogen-bond acceptors (Lipinski definition) is 7. The van der Waals surface area contributed by atoms with Crippen molar-refractivity contribution in [2.24, 2.45) is 0 Å².